The SMILES string of the molecule is CN(Cc1ccc(F)cc1)C(=O)NCC[C@H](O)C(=O)O. The highest BCUT2D eigenvalue weighted by molar-refractivity contribution is 5.74. The van der Waals surface area contributed by atoms with Gasteiger partial charge in [-0.3, -0.25) is 0 Å². The number of nitrogens with zero attached hydrogens (tertiary/aromatic N) is 1. The number of aliphatic carboxylic acids is 1. The Balaban J connectivity index is 2.35. The van der Waals surface area contributed by atoms with E-state index in [9.17, 15) is 14.0 Å². The van der Waals surface area contributed by atoms with Crippen molar-refractivity contribution in [3.05, 3.63) is 35.6 Å². The first kappa shape index (κ1) is 15.9. The fourth-order valence-electron chi connectivity index (χ4n) is 1.51. The maximum Gasteiger partial charge on any atom is 0.332 e. The minimum absolute atomic E-state index is 0.0556. The van der Waals surface area contributed by atoms with Crippen LogP contribution in [0, 0.1) is 5.82 Å². The molecule has 0 aliphatic rings. The minimum Gasteiger partial charge on any atom is -0.479 e. The van der Waals surface area contributed by atoms with Crippen molar-refractivity contribution in [2.24, 2.45) is 0 Å². The number of rotatable bonds is 6. The molecule has 20 heavy (non-hydrogen) atoms. The molecule has 0 bridgehead atoms. The second-order valence-corrected chi connectivity index (χ2v) is 4.36. The Morgan fingerprint density at radius 1 is 1.35 bits per heavy atom. The van der Waals surface area contributed by atoms with Crippen LogP contribution >= 0.6 is 0 Å². The Labute approximate surface area is 115 Å². The van der Waals surface area contributed by atoms with E-state index in [4.69, 9.17) is 10.2 Å². The van der Waals surface area contributed by atoms with Crippen LogP contribution in [0.1, 0.15) is 12.0 Å². The van der Waals surface area contributed by atoms with Crippen LogP contribution < -0.4 is 5.32 Å². The van der Waals surface area contributed by atoms with E-state index in [1.165, 1.54) is 17.0 Å². The molecule has 0 aliphatic heterocycles. The number of hydrogen-bond donors (Lipinski definition) is 3. The van der Waals surface area contributed by atoms with Crippen LogP contribution in [-0.4, -0.2) is 46.8 Å². The molecule has 0 spiro atoms. The number of urea groups is 1. The van der Waals surface area contributed by atoms with E-state index in [2.05, 4.69) is 5.32 Å². The van der Waals surface area contributed by atoms with Crippen LogP contribution in [0.15, 0.2) is 24.3 Å². The average molecular weight is 284 g/mol. The van der Waals surface area contributed by atoms with E-state index < -0.39 is 18.1 Å². The lowest BCUT2D eigenvalue weighted by Crippen LogP contribution is -2.38. The van der Waals surface area contributed by atoms with Gasteiger partial charge >= 0.3 is 12.0 Å². The van der Waals surface area contributed by atoms with Gasteiger partial charge in [0.05, 0.1) is 0 Å². The van der Waals surface area contributed by atoms with Gasteiger partial charge in [0.1, 0.15) is 5.82 Å². The predicted molar refractivity (Wildman–Crippen MR) is 69.5 cm³/mol. The zero-order chi connectivity index (χ0) is 15.1. The van der Waals surface area contributed by atoms with Gasteiger partial charge in [0.15, 0.2) is 6.10 Å². The van der Waals surface area contributed by atoms with Gasteiger partial charge in [0.25, 0.3) is 0 Å². The summed E-state index contributed by atoms with van der Waals surface area (Å²) in [6.07, 6.45) is -1.55. The number of aliphatic hydroxyl groups excluding tert-OH is 1. The fourth-order valence-corrected chi connectivity index (χ4v) is 1.51. The molecule has 0 aliphatic carbocycles. The zero-order valence-electron chi connectivity index (χ0n) is 11.0. The van der Waals surface area contributed by atoms with E-state index >= 15 is 0 Å². The van der Waals surface area contributed by atoms with Crippen molar-refractivity contribution in [2.75, 3.05) is 13.6 Å². The van der Waals surface area contributed by atoms with Gasteiger partial charge in [-0.15, -0.1) is 0 Å². The topological polar surface area (TPSA) is 89.9 Å². The molecule has 0 fully saturated rings. The van der Waals surface area contributed by atoms with Crippen LogP contribution in [0.3, 0.4) is 0 Å². The number of hydrogen-bond acceptors (Lipinski definition) is 3. The smallest absolute Gasteiger partial charge is 0.332 e. The molecule has 0 saturated heterocycles. The number of carboxylic acid groups (broad SMARTS) is 1. The third kappa shape index (κ3) is 5.23. The number of amides is 2. The summed E-state index contributed by atoms with van der Waals surface area (Å²) in [4.78, 5) is 23.4. The molecule has 1 aromatic rings. The zero-order valence-corrected chi connectivity index (χ0v) is 11.0. The average Bonchev–Trinajstić information content (AvgIpc) is 2.40. The van der Waals surface area contributed by atoms with Gasteiger partial charge < -0.3 is 20.4 Å². The second-order valence-electron chi connectivity index (χ2n) is 4.36. The summed E-state index contributed by atoms with van der Waals surface area (Å²) in [5.74, 6) is -1.66. The molecule has 1 aromatic carbocycles. The van der Waals surface area contributed by atoms with Crippen LogP contribution in [0.5, 0.6) is 0 Å². The molecule has 0 saturated carbocycles. The lowest BCUT2D eigenvalue weighted by molar-refractivity contribution is -0.146. The minimum atomic E-state index is -1.49. The van der Waals surface area contributed by atoms with Crippen molar-refractivity contribution < 1.29 is 24.2 Å². The highest BCUT2D eigenvalue weighted by Gasteiger charge is 2.14. The summed E-state index contributed by atoms with van der Waals surface area (Å²) in [6, 6.07) is 5.38. The summed E-state index contributed by atoms with van der Waals surface area (Å²) in [5.41, 5.74) is 0.773. The lowest BCUT2D eigenvalue weighted by Gasteiger charge is -2.18. The van der Waals surface area contributed by atoms with Gasteiger partial charge in [-0.25, -0.2) is 14.0 Å². The maximum absolute atomic E-state index is 12.7. The number of carboxylic acids is 1. The molecule has 1 atom stereocenters. The van der Waals surface area contributed by atoms with Crippen LogP contribution in [0.25, 0.3) is 0 Å². The Morgan fingerprint density at radius 2 is 1.95 bits per heavy atom. The van der Waals surface area contributed by atoms with Gasteiger partial charge in [-0.1, -0.05) is 12.1 Å². The molecule has 0 radical (unpaired) electrons. The summed E-state index contributed by atoms with van der Waals surface area (Å²) in [7, 11) is 1.56. The van der Waals surface area contributed by atoms with Crippen molar-refractivity contribution in [3.63, 3.8) is 0 Å². The van der Waals surface area contributed by atoms with Gasteiger partial charge in [0.2, 0.25) is 0 Å². The van der Waals surface area contributed by atoms with Crippen molar-refractivity contribution in [1.82, 2.24) is 10.2 Å². The molecule has 7 heteroatoms. The summed E-state index contributed by atoms with van der Waals surface area (Å²) < 4.78 is 12.7. The first-order chi connectivity index (χ1) is 9.40. The molecular weight excluding hydrogens is 267 g/mol. The Kier molecular flexibility index (Phi) is 5.92. The maximum atomic E-state index is 12.7. The third-order valence-electron chi connectivity index (χ3n) is 2.66. The first-order valence-corrected chi connectivity index (χ1v) is 6.04. The van der Waals surface area contributed by atoms with Crippen LogP contribution in [-0.2, 0) is 11.3 Å². The molecule has 2 amide bonds. The number of carbonyl (C=O) groups is 2. The molecule has 1 rings (SSSR count). The molecular formula is C13H17FN2O4. The van der Waals surface area contributed by atoms with Crippen molar-refractivity contribution in [2.45, 2.75) is 19.1 Å². The summed E-state index contributed by atoms with van der Waals surface area (Å²) >= 11 is 0. The van der Waals surface area contributed by atoms with Crippen LogP contribution in [0.2, 0.25) is 0 Å². The molecule has 0 heterocycles. The van der Waals surface area contributed by atoms with Gasteiger partial charge in [0, 0.05) is 26.6 Å². The fraction of sp³-hybridized carbons (Fsp3) is 0.385. The molecule has 110 valence electrons. The van der Waals surface area contributed by atoms with Crippen molar-refractivity contribution in [1.29, 1.82) is 0 Å². The van der Waals surface area contributed by atoms with E-state index in [-0.39, 0.29) is 18.8 Å². The van der Waals surface area contributed by atoms with E-state index in [0.717, 1.165) is 5.56 Å². The second kappa shape index (κ2) is 7.44. The van der Waals surface area contributed by atoms with Gasteiger partial charge in [-0.05, 0) is 17.7 Å². The van der Waals surface area contributed by atoms with Crippen molar-refractivity contribution >= 4 is 12.0 Å². The summed E-state index contributed by atoms with van der Waals surface area (Å²) in [5, 5.41) is 20.0. The quantitative estimate of drug-likeness (QED) is 0.721. The first-order valence-electron chi connectivity index (χ1n) is 6.04. The van der Waals surface area contributed by atoms with Crippen LogP contribution in [0.4, 0.5) is 9.18 Å². The Morgan fingerprint density at radius 3 is 2.50 bits per heavy atom. The molecule has 0 unspecified atom stereocenters. The summed E-state index contributed by atoms with van der Waals surface area (Å²) in [6.45, 7) is 0.355. The Bertz CT molecular complexity index is 464. The van der Waals surface area contributed by atoms with E-state index in [1.54, 1.807) is 19.2 Å². The molecule has 3 N–H and O–H groups in total. The number of halogens is 1. The van der Waals surface area contributed by atoms with E-state index in [1.807, 2.05) is 0 Å². The highest BCUT2D eigenvalue weighted by atomic mass is 19.1. The van der Waals surface area contributed by atoms with Crippen molar-refractivity contribution in [3.8, 4) is 0 Å². The predicted octanol–water partition coefficient (Wildman–Crippen LogP) is 0.803. The number of aliphatic hydroxyl groups is 1. The number of carbonyl (C=O) groups excluding carboxylic acids is 1. The number of benzene rings is 1. The third-order valence-corrected chi connectivity index (χ3v) is 2.66. The molecule has 6 nitrogen and oxygen atoms in total. The highest BCUT2D eigenvalue weighted by Crippen LogP contribution is 2.05. The van der Waals surface area contributed by atoms with Gasteiger partial charge in [-0.2, -0.15) is 0 Å². The normalized spacial score (nSPS) is 11.8. The standard InChI is InChI=1S/C13H17FN2O4/c1-16(8-9-2-4-10(14)5-3-9)13(20)15-7-6-11(17)12(18)19/h2-5,11,17H,6-8H2,1H3,(H,15,20)(H,18,19)/t11-/m0/s1. The molecule has 0 aromatic heterocycles. The largest absolute Gasteiger partial charge is 0.479 e. The Hall–Kier alpha value is -2.15. The lowest BCUT2D eigenvalue weighted by atomic mass is 10.2. The number of nitrogens with one attached hydrogen (secondary N) is 1. The van der Waals surface area contributed by atoms with E-state index in [0.29, 0.717) is 6.54 Å². The monoisotopic (exact) mass is 284 g/mol.